The first kappa shape index (κ1) is 22.7. The van der Waals surface area contributed by atoms with E-state index in [1.807, 2.05) is 0 Å². The Morgan fingerprint density at radius 2 is 1.78 bits per heavy atom. The van der Waals surface area contributed by atoms with Crippen LogP contribution in [0.2, 0.25) is 5.02 Å². The maximum Gasteiger partial charge on any atom is 0.248 e. The van der Waals surface area contributed by atoms with Crippen LogP contribution in [0.5, 0.6) is 0 Å². The Labute approximate surface area is 193 Å². The summed E-state index contributed by atoms with van der Waals surface area (Å²) >= 11 is 6.51. The molecule has 2 aromatic carbocycles. The molecule has 2 aliphatic carbocycles. The van der Waals surface area contributed by atoms with Crippen molar-refractivity contribution in [2.45, 2.75) is 63.1 Å². The largest absolute Gasteiger partial charge is 0.351 e. The third-order valence-electron chi connectivity index (χ3n) is 6.51. The van der Waals surface area contributed by atoms with E-state index in [2.05, 4.69) is 5.32 Å². The third kappa shape index (κ3) is 4.97. The summed E-state index contributed by atoms with van der Waals surface area (Å²) in [6, 6.07) is 11.8. The number of rotatable bonds is 6. The molecule has 2 saturated carbocycles. The normalized spacial score (nSPS) is 22.0. The van der Waals surface area contributed by atoms with E-state index in [1.54, 1.807) is 36.4 Å². The van der Waals surface area contributed by atoms with E-state index >= 15 is 0 Å². The first-order chi connectivity index (χ1) is 15.4. The van der Waals surface area contributed by atoms with Gasteiger partial charge in [0.05, 0.1) is 0 Å². The Balaban J connectivity index is 1.75. The fourth-order valence-corrected chi connectivity index (χ4v) is 4.95. The molecule has 4 rings (SSSR count). The van der Waals surface area contributed by atoms with Gasteiger partial charge < -0.3 is 11.1 Å². The lowest BCUT2D eigenvalue weighted by Gasteiger charge is -2.39. The van der Waals surface area contributed by atoms with Crippen LogP contribution < -0.4 is 16.0 Å². The number of carbonyl (C=O) groups is 2. The van der Waals surface area contributed by atoms with E-state index in [1.165, 1.54) is 17.0 Å². The Kier molecular flexibility index (Phi) is 7.11. The highest BCUT2D eigenvalue weighted by Gasteiger charge is 2.41. The molecule has 2 amide bonds. The molecule has 2 aromatic rings. The first-order valence-electron chi connectivity index (χ1n) is 11.3. The van der Waals surface area contributed by atoms with Crippen LogP contribution in [0.1, 0.15) is 56.6 Å². The zero-order chi connectivity index (χ0) is 22.7. The number of nitrogens with one attached hydrogen (secondary N) is 1. The van der Waals surface area contributed by atoms with Gasteiger partial charge in [-0.2, -0.15) is 0 Å². The van der Waals surface area contributed by atoms with Crippen molar-refractivity contribution in [2.24, 2.45) is 11.7 Å². The predicted molar refractivity (Wildman–Crippen MR) is 124 cm³/mol. The number of nitrogens with two attached hydrogens (primary N) is 1. The molecular formula is C25H29ClFN3O2. The Hall–Kier alpha value is -2.44. The summed E-state index contributed by atoms with van der Waals surface area (Å²) < 4.78 is 14.2. The molecule has 2 aliphatic rings. The van der Waals surface area contributed by atoms with Crippen molar-refractivity contribution in [3.05, 3.63) is 64.9 Å². The Morgan fingerprint density at radius 3 is 2.44 bits per heavy atom. The molecule has 0 radical (unpaired) electrons. The predicted octanol–water partition coefficient (Wildman–Crippen LogP) is 4.74. The van der Waals surface area contributed by atoms with Gasteiger partial charge in [-0.3, -0.25) is 14.5 Å². The van der Waals surface area contributed by atoms with Crippen LogP contribution in [0, 0.1) is 11.7 Å². The number of anilines is 1. The highest BCUT2D eigenvalue weighted by Crippen LogP contribution is 2.37. The van der Waals surface area contributed by atoms with E-state index in [0.29, 0.717) is 29.1 Å². The summed E-state index contributed by atoms with van der Waals surface area (Å²) in [5.74, 6) is -1.32. The van der Waals surface area contributed by atoms with E-state index in [0.717, 1.165) is 32.1 Å². The number of carbonyl (C=O) groups excluding carboxylic acids is 2. The van der Waals surface area contributed by atoms with Crippen LogP contribution >= 0.6 is 11.6 Å². The number of nitrogens with zero attached hydrogens (tertiary/aromatic N) is 1. The van der Waals surface area contributed by atoms with E-state index in [-0.39, 0.29) is 29.8 Å². The molecule has 0 spiro atoms. The zero-order valence-corrected chi connectivity index (χ0v) is 18.7. The highest BCUT2D eigenvalue weighted by molar-refractivity contribution is 6.31. The second-order valence-corrected chi connectivity index (χ2v) is 9.29. The highest BCUT2D eigenvalue weighted by atomic mass is 35.5. The summed E-state index contributed by atoms with van der Waals surface area (Å²) in [5, 5.41) is 3.52. The van der Waals surface area contributed by atoms with Gasteiger partial charge in [-0.25, -0.2) is 4.39 Å². The molecular weight excluding hydrogens is 429 g/mol. The maximum atomic E-state index is 14.2. The van der Waals surface area contributed by atoms with Gasteiger partial charge in [0.15, 0.2) is 0 Å². The molecule has 3 N–H and O–H groups in total. The van der Waals surface area contributed by atoms with Gasteiger partial charge in [0.2, 0.25) is 11.8 Å². The smallest absolute Gasteiger partial charge is 0.248 e. The molecule has 5 nitrogen and oxygen atoms in total. The summed E-state index contributed by atoms with van der Waals surface area (Å²) in [7, 11) is 0. The Bertz CT molecular complexity index is 973. The monoisotopic (exact) mass is 457 g/mol. The van der Waals surface area contributed by atoms with Gasteiger partial charge in [0.25, 0.3) is 0 Å². The minimum atomic E-state index is -1.00. The van der Waals surface area contributed by atoms with Gasteiger partial charge in [-0.15, -0.1) is 0 Å². The second-order valence-electron chi connectivity index (χ2n) is 8.88. The third-order valence-corrected chi connectivity index (χ3v) is 6.85. The van der Waals surface area contributed by atoms with Crippen molar-refractivity contribution in [3.63, 3.8) is 0 Å². The van der Waals surface area contributed by atoms with Crippen LogP contribution in [-0.4, -0.2) is 23.9 Å². The van der Waals surface area contributed by atoms with Gasteiger partial charge >= 0.3 is 0 Å². The minimum Gasteiger partial charge on any atom is -0.351 e. The maximum absolute atomic E-state index is 14.2. The number of benzene rings is 2. The van der Waals surface area contributed by atoms with E-state index < -0.39 is 11.9 Å². The lowest BCUT2D eigenvalue weighted by atomic mass is 9.79. The van der Waals surface area contributed by atoms with Crippen LogP contribution in [0.15, 0.2) is 48.5 Å². The SMILES string of the molecule is NC1CC(C(=O)N(c2cccc(F)c2)C(C(=O)NC2CCCCC2)c2ccccc2Cl)C1. The van der Waals surface area contributed by atoms with Crippen molar-refractivity contribution in [3.8, 4) is 0 Å². The van der Waals surface area contributed by atoms with Crippen LogP contribution in [0.25, 0.3) is 0 Å². The quantitative estimate of drug-likeness (QED) is 0.657. The van der Waals surface area contributed by atoms with Crippen LogP contribution in [-0.2, 0) is 9.59 Å². The molecule has 7 heteroatoms. The molecule has 0 bridgehead atoms. The van der Waals surface area contributed by atoms with Crippen LogP contribution in [0.3, 0.4) is 0 Å². The minimum absolute atomic E-state index is 0.0341. The lowest BCUT2D eigenvalue weighted by Crippen LogP contribution is -2.52. The molecule has 0 heterocycles. The van der Waals surface area contributed by atoms with Crippen LogP contribution in [0.4, 0.5) is 10.1 Å². The van der Waals surface area contributed by atoms with Crippen molar-refractivity contribution in [1.82, 2.24) is 5.32 Å². The first-order valence-corrected chi connectivity index (χ1v) is 11.7. The molecule has 0 aliphatic heterocycles. The van der Waals surface area contributed by atoms with Gasteiger partial charge in [-0.1, -0.05) is 55.1 Å². The van der Waals surface area contributed by atoms with Gasteiger partial charge in [-0.05, 0) is 49.9 Å². The van der Waals surface area contributed by atoms with Gasteiger partial charge in [0, 0.05) is 34.3 Å². The lowest BCUT2D eigenvalue weighted by molar-refractivity contribution is -0.130. The molecule has 2 fully saturated rings. The summed E-state index contributed by atoms with van der Waals surface area (Å²) in [6.07, 6.45) is 6.20. The van der Waals surface area contributed by atoms with E-state index in [4.69, 9.17) is 17.3 Å². The Morgan fingerprint density at radius 1 is 1.06 bits per heavy atom. The second kappa shape index (κ2) is 10.0. The number of hydrogen-bond donors (Lipinski definition) is 2. The van der Waals surface area contributed by atoms with Crippen molar-refractivity contribution in [1.29, 1.82) is 0 Å². The van der Waals surface area contributed by atoms with Crippen molar-refractivity contribution in [2.75, 3.05) is 4.90 Å². The van der Waals surface area contributed by atoms with Gasteiger partial charge in [0.1, 0.15) is 11.9 Å². The average Bonchev–Trinajstić information content (AvgIpc) is 2.76. The summed E-state index contributed by atoms with van der Waals surface area (Å²) in [6.45, 7) is 0. The number of hydrogen-bond acceptors (Lipinski definition) is 3. The molecule has 32 heavy (non-hydrogen) atoms. The molecule has 0 saturated heterocycles. The molecule has 1 unspecified atom stereocenters. The summed E-state index contributed by atoms with van der Waals surface area (Å²) in [4.78, 5) is 28.7. The molecule has 0 aromatic heterocycles. The topological polar surface area (TPSA) is 75.4 Å². The zero-order valence-electron chi connectivity index (χ0n) is 18.0. The fourth-order valence-electron chi connectivity index (χ4n) is 4.71. The number of halogens is 2. The molecule has 170 valence electrons. The average molecular weight is 458 g/mol. The number of amides is 2. The van der Waals surface area contributed by atoms with Crippen molar-refractivity contribution < 1.29 is 14.0 Å². The molecule has 1 atom stereocenters. The standard InChI is InChI=1S/C25H29ClFN3O2/c26-22-12-5-4-11-21(22)23(24(31)29-19-8-2-1-3-9-19)30(20-10-6-7-17(27)15-20)25(32)16-13-18(28)14-16/h4-7,10-12,15-16,18-19,23H,1-3,8-9,13-14,28H2,(H,29,31). The van der Waals surface area contributed by atoms with Crippen molar-refractivity contribution >= 4 is 29.1 Å². The summed E-state index contributed by atoms with van der Waals surface area (Å²) in [5.41, 5.74) is 6.78. The fraction of sp³-hybridized carbons (Fsp3) is 0.440. The van der Waals surface area contributed by atoms with E-state index in [9.17, 15) is 14.0 Å².